The molecule has 122 valence electrons. The van der Waals surface area contributed by atoms with E-state index < -0.39 is 5.60 Å². The molecular formula is C16H24N2O3S. The van der Waals surface area contributed by atoms with E-state index in [2.05, 4.69) is 0 Å². The molecule has 0 spiro atoms. The third-order valence-electron chi connectivity index (χ3n) is 3.60. The maximum atomic E-state index is 12.3. The molecule has 0 bridgehead atoms. The molecule has 6 heteroatoms. The summed E-state index contributed by atoms with van der Waals surface area (Å²) in [7, 11) is 1.78. The number of rotatable bonds is 3. The Bertz CT molecular complexity index is 522. The molecule has 1 aromatic rings. The maximum absolute atomic E-state index is 12.3. The minimum Gasteiger partial charge on any atom is -0.444 e. The van der Waals surface area contributed by atoms with Crippen LogP contribution in [0.2, 0.25) is 0 Å². The van der Waals surface area contributed by atoms with Crippen LogP contribution < -0.4 is 0 Å². The van der Waals surface area contributed by atoms with Crippen LogP contribution in [0.3, 0.4) is 0 Å². The van der Waals surface area contributed by atoms with Crippen LogP contribution in [0.1, 0.15) is 44.0 Å². The lowest BCUT2D eigenvalue weighted by Crippen LogP contribution is -2.45. The minimum atomic E-state index is -0.497. The fourth-order valence-corrected chi connectivity index (χ4v) is 3.22. The lowest BCUT2D eigenvalue weighted by Gasteiger charge is -2.30. The average Bonchev–Trinajstić information content (AvgIpc) is 3.06. The summed E-state index contributed by atoms with van der Waals surface area (Å²) < 4.78 is 5.45. The van der Waals surface area contributed by atoms with E-state index in [4.69, 9.17) is 4.74 Å². The van der Waals surface area contributed by atoms with Crippen LogP contribution in [-0.4, -0.2) is 53.6 Å². The summed E-state index contributed by atoms with van der Waals surface area (Å²) in [5, 5.41) is 3.74. The Balaban J connectivity index is 1.96. The largest absolute Gasteiger partial charge is 0.444 e. The topological polar surface area (TPSA) is 49.9 Å². The quantitative estimate of drug-likeness (QED) is 0.858. The Morgan fingerprint density at radius 3 is 2.77 bits per heavy atom. The first-order valence-electron chi connectivity index (χ1n) is 7.55. The van der Waals surface area contributed by atoms with Gasteiger partial charge in [-0.3, -0.25) is 4.79 Å². The van der Waals surface area contributed by atoms with Crippen molar-refractivity contribution in [2.45, 2.75) is 45.3 Å². The van der Waals surface area contributed by atoms with E-state index in [1.54, 1.807) is 16.8 Å². The van der Waals surface area contributed by atoms with Gasteiger partial charge < -0.3 is 14.5 Å². The van der Waals surface area contributed by atoms with Crippen molar-refractivity contribution in [3.63, 3.8) is 0 Å². The summed E-state index contributed by atoms with van der Waals surface area (Å²) in [6.07, 6.45) is 1.57. The first-order valence-corrected chi connectivity index (χ1v) is 8.49. The van der Waals surface area contributed by atoms with Gasteiger partial charge in [-0.1, -0.05) is 0 Å². The molecule has 1 aromatic heterocycles. The van der Waals surface area contributed by atoms with Crippen LogP contribution in [0.25, 0.3) is 0 Å². The molecule has 2 rings (SSSR count). The zero-order valence-corrected chi connectivity index (χ0v) is 14.5. The van der Waals surface area contributed by atoms with Gasteiger partial charge in [-0.05, 0) is 45.1 Å². The monoisotopic (exact) mass is 324 g/mol. The molecular weight excluding hydrogens is 300 g/mol. The molecule has 0 N–H and O–H groups in total. The van der Waals surface area contributed by atoms with E-state index in [0.717, 1.165) is 12.8 Å². The highest BCUT2D eigenvalue weighted by atomic mass is 32.1. The first kappa shape index (κ1) is 16.8. The number of carbonyl (C=O) groups excluding carboxylic acids is 2. The van der Waals surface area contributed by atoms with Crippen molar-refractivity contribution in [1.29, 1.82) is 0 Å². The lowest BCUT2D eigenvalue weighted by atomic mass is 10.2. The standard InChI is InChI=1S/C16H24N2O3S/c1-16(2,3)21-15(20)18-8-5-6-13(18)10-17(4)14(19)12-7-9-22-11-12/h7,9,11,13H,5-6,8,10H2,1-4H3. The number of hydrogen-bond acceptors (Lipinski definition) is 4. The van der Waals surface area contributed by atoms with E-state index >= 15 is 0 Å². The normalized spacial score (nSPS) is 18.4. The Labute approximate surface area is 135 Å². The Morgan fingerprint density at radius 1 is 1.45 bits per heavy atom. The molecule has 1 saturated heterocycles. The van der Waals surface area contributed by atoms with Gasteiger partial charge in [-0.25, -0.2) is 4.79 Å². The van der Waals surface area contributed by atoms with Crippen molar-refractivity contribution in [3.8, 4) is 0 Å². The van der Waals surface area contributed by atoms with Gasteiger partial charge >= 0.3 is 6.09 Å². The highest BCUT2D eigenvalue weighted by Crippen LogP contribution is 2.22. The second-order valence-corrected chi connectivity index (χ2v) is 7.45. The van der Waals surface area contributed by atoms with Crippen LogP contribution in [0, 0.1) is 0 Å². The van der Waals surface area contributed by atoms with Crippen molar-refractivity contribution >= 4 is 23.3 Å². The highest BCUT2D eigenvalue weighted by Gasteiger charge is 2.33. The van der Waals surface area contributed by atoms with Gasteiger partial charge in [-0.2, -0.15) is 11.3 Å². The van der Waals surface area contributed by atoms with E-state index in [9.17, 15) is 9.59 Å². The predicted molar refractivity (Wildman–Crippen MR) is 87.2 cm³/mol. The third kappa shape index (κ3) is 4.22. The maximum Gasteiger partial charge on any atom is 0.410 e. The summed E-state index contributed by atoms with van der Waals surface area (Å²) in [5.74, 6) is -0.00251. The van der Waals surface area contributed by atoms with E-state index in [-0.39, 0.29) is 18.0 Å². The number of nitrogens with zero attached hydrogens (tertiary/aromatic N) is 2. The third-order valence-corrected chi connectivity index (χ3v) is 4.29. The average molecular weight is 324 g/mol. The van der Waals surface area contributed by atoms with E-state index in [1.165, 1.54) is 11.3 Å². The molecule has 2 heterocycles. The number of thiophene rings is 1. The molecule has 5 nitrogen and oxygen atoms in total. The van der Waals surface area contributed by atoms with Crippen LogP contribution in [0.5, 0.6) is 0 Å². The van der Waals surface area contributed by atoms with Crippen molar-refractivity contribution in [2.75, 3.05) is 20.1 Å². The zero-order valence-electron chi connectivity index (χ0n) is 13.7. The minimum absolute atomic E-state index is 0.00251. The number of likely N-dealkylation sites (N-methyl/N-ethyl adjacent to an activating group) is 1. The smallest absolute Gasteiger partial charge is 0.410 e. The molecule has 1 aliphatic rings. The van der Waals surface area contributed by atoms with Gasteiger partial charge in [0.05, 0.1) is 11.6 Å². The van der Waals surface area contributed by atoms with Gasteiger partial charge in [-0.15, -0.1) is 0 Å². The van der Waals surface area contributed by atoms with Crippen LogP contribution in [0.4, 0.5) is 4.79 Å². The fourth-order valence-electron chi connectivity index (χ4n) is 2.59. The first-order chi connectivity index (χ1) is 10.3. The SMILES string of the molecule is CN(CC1CCCN1C(=O)OC(C)(C)C)C(=O)c1ccsc1. The predicted octanol–water partition coefficient (Wildman–Crippen LogP) is 3.22. The fraction of sp³-hybridized carbons (Fsp3) is 0.625. The molecule has 1 atom stereocenters. The highest BCUT2D eigenvalue weighted by molar-refractivity contribution is 7.08. The van der Waals surface area contributed by atoms with E-state index in [0.29, 0.717) is 18.7 Å². The van der Waals surface area contributed by atoms with Gasteiger partial charge in [0.25, 0.3) is 5.91 Å². The molecule has 0 saturated carbocycles. The summed E-state index contributed by atoms with van der Waals surface area (Å²) in [4.78, 5) is 28.0. The van der Waals surface area contributed by atoms with Crippen molar-refractivity contribution in [3.05, 3.63) is 22.4 Å². The van der Waals surface area contributed by atoms with Crippen LogP contribution in [-0.2, 0) is 4.74 Å². The number of likely N-dealkylation sites (tertiary alicyclic amines) is 1. The van der Waals surface area contributed by atoms with Gasteiger partial charge in [0.15, 0.2) is 0 Å². The molecule has 0 aromatic carbocycles. The molecule has 1 aliphatic heterocycles. The van der Waals surface area contributed by atoms with E-state index in [1.807, 2.05) is 37.6 Å². The van der Waals surface area contributed by atoms with Gasteiger partial charge in [0.2, 0.25) is 0 Å². The summed E-state index contributed by atoms with van der Waals surface area (Å²) in [6.45, 7) is 6.82. The Morgan fingerprint density at radius 2 is 2.18 bits per heavy atom. The number of hydrogen-bond donors (Lipinski definition) is 0. The summed E-state index contributed by atoms with van der Waals surface area (Å²) >= 11 is 1.51. The zero-order chi connectivity index (χ0) is 16.3. The second kappa shape index (κ2) is 6.69. The van der Waals surface area contributed by atoms with Crippen molar-refractivity contribution in [2.24, 2.45) is 0 Å². The molecule has 2 amide bonds. The lowest BCUT2D eigenvalue weighted by molar-refractivity contribution is 0.0199. The summed E-state index contributed by atoms with van der Waals surface area (Å²) in [5.41, 5.74) is 0.206. The van der Waals surface area contributed by atoms with Crippen LogP contribution in [0.15, 0.2) is 16.8 Å². The number of carbonyl (C=O) groups is 2. The van der Waals surface area contributed by atoms with Crippen molar-refractivity contribution in [1.82, 2.24) is 9.80 Å². The van der Waals surface area contributed by atoms with Crippen LogP contribution >= 0.6 is 11.3 Å². The Hall–Kier alpha value is -1.56. The van der Waals surface area contributed by atoms with Gasteiger partial charge in [0.1, 0.15) is 5.60 Å². The molecule has 22 heavy (non-hydrogen) atoms. The molecule has 1 fully saturated rings. The Kier molecular flexibility index (Phi) is 5.11. The van der Waals surface area contributed by atoms with Gasteiger partial charge in [0, 0.05) is 25.5 Å². The number of ether oxygens (including phenoxy) is 1. The summed E-state index contributed by atoms with van der Waals surface area (Å²) in [6, 6.07) is 1.85. The molecule has 0 radical (unpaired) electrons. The second-order valence-electron chi connectivity index (χ2n) is 6.67. The molecule has 1 unspecified atom stereocenters. The number of amides is 2. The van der Waals surface area contributed by atoms with Crippen molar-refractivity contribution < 1.29 is 14.3 Å². The molecule has 0 aliphatic carbocycles.